The Hall–Kier alpha value is -3.66. The number of hydrogen-bond acceptors (Lipinski definition) is 7. The second-order valence-corrected chi connectivity index (χ2v) is 6.78. The molecule has 0 bridgehead atoms. The molecule has 4 rings (SSSR count). The molecule has 0 aromatic carbocycles. The highest BCUT2D eigenvalue weighted by molar-refractivity contribution is 7.18. The van der Waals surface area contributed by atoms with Crippen LogP contribution in [0.2, 0.25) is 0 Å². The van der Waals surface area contributed by atoms with E-state index in [0.717, 1.165) is 17.2 Å². The normalized spacial score (nSPS) is 10.6. The topological polar surface area (TPSA) is 111 Å². The molecule has 0 unspecified atom stereocenters. The van der Waals surface area contributed by atoms with Gasteiger partial charge in [-0.25, -0.2) is 14.8 Å². The second kappa shape index (κ2) is 7.92. The van der Waals surface area contributed by atoms with Crippen molar-refractivity contribution in [3.8, 4) is 16.5 Å². The quantitative estimate of drug-likeness (QED) is 0.540. The number of aromatic nitrogens is 6. The smallest absolute Gasteiger partial charge is 0.321 e. The molecular weight excluding hydrogens is 376 g/mol. The number of nitrogens with one attached hydrogen (secondary N) is 2. The standard InChI is InChI=1S/C18H16N8OS/c1-12-19-8-9-26(12)15-10-13(5-7-21-15)11-22-17(27)23-18-25-24-16(28-18)14-4-2-3-6-20-14/h2-10H,11H2,1H3,(H2,22,23,25,27). The number of amides is 2. The van der Waals surface area contributed by atoms with E-state index in [0.29, 0.717) is 22.4 Å². The number of rotatable bonds is 5. The van der Waals surface area contributed by atoms with Crippen molar-refractivity contribution in [2.24, 2.45) is 0 Å². The Morgan fingerprint density at radius 3 is 2.82 bits per heavy atom. The molecule has 4 aromatic heterocycles. The number of imidazole rings is 1. The highest BCUT2D eigenvalue weighted by Gasteiger charge is 2.10. The van der Waals surface area contributed by atoms with Crippen molar-refractivity contribution >= 4 is 22.5 Å². The highest BCUT2D eigenvalue weighted by atomic mass is 32.1. The first-order chi connectivity index (χ1) is 13.7. The van der Waals surface area contributed by atoms with Gasteiger partial charge < -0.3 is 5.32 Å². The van der Waals surface area contributed by atoms with Crippen LogP contribution in [-0.4, -0.2) is 35.7 Å². The van der Waals surface area contributed by atoms with Gasteiger partial charge in [-0.3, -0.25) is 14.9 Å². The lowest BCUT2D eigenvalue weighted by Crippen LogP contribution is -2.28. The van der Waals surface area contributed by atoms with Crippen molar-refractivity contribution < 1.29 is 4.79 Å². The van der Waals surface area contributed by atoms with E-state index < -0.39 is 0 Å². The molecule has 0 atom stereocenters. The Morgan fingerprint density at radius 2 is 2.04 bits per heavy atom. The maximum Gasteiger partial charge on any atom is 0.321 e. The molecule has 0 radical (unpaired) electrons. The van der Waals surface area contributed by atoms with Crippen LogP contribution in [0.5, 0.6) is 0 Å². The third-order valence-corrected chi connectivity index (χ3v) is 4.73. The first-order valence-corrected chi connectivity index (χ1v) is 9.26. The van der Waals surface area contributed by atoms with E-state index in [9.17, 15) is 4.79 Å². The van der Waals surface area contributed by atoms with Gasteiger partial charge in [-0.2, -0.15) is 0 Å². The van der Waals surface area contributed by atoms with Crippen LogP contribution in [0.25, 0.3) is 16.5 Å². The third kappa shape index (κ3) is 4.01. The van der Waals surface area contributed by atoms with Gasteiger partial charge in [-0.1, -0.05) is 17.4 Å². The maximum absolute atomic E-state index is 12.2. The maximum atomic E-state index is 12.2. The van der Waals surface area contributed by atoms with Crippen LogP contribution < -0.4 is 10.6 Å². The minimum atomic E-state index is -0.360. The van der Waals surface area contributed by atoms with Crippen LogP contribution in [0.4, 0.5) is 9.93 Å². The molecule has 0 aliphatic heterocycles. The van der Waals surface area contributed by atoms with Crippen molar-refractivity contribution in [1.29, 1.82) is 0 Å². The molecule has 140 valence electrons. The predicted octanol–water partition coefficient (Wildman–Crippen LogP) is 2.81. The van der Waals surface area contributed by atoms with Crippen LogP contribution in [-0.2, 0) is 6.54 Å². The van der Waals surface area contributed by atoms with Crippen LogP contribution in [0.15, 0.2) is 55.1 Å². The third-order valence-electron chi connectivity index (χ3n) is 3.87. The van der Waals surface area contributed by atoms with Crippen molar-refractivity contribution in [3.63, 3.8) is 0 Å². The number of hydrogen-bond donors (Lipinski definition) is 2. The van der Waals surface area contributed by atoms with Crippen LogP contribution in [0.3, 0.4) is 0 Å². The molecule has 2 amide bonds. The lowest BCUT2D eigenvalue weighted by molar-refractivity contribution is 0.251. The Bertz CT molecular complexity index is 1090. The molecule has 4 heterocycles. The van der Waals surface area contributed by atoms with E-state index in [1.807, 2.05) is 48.0 Å². The Balaban J connectivity index is 1.36. The molecule has 0 spiro atoms. The summed E-state index contributed by atoms with van der Waals surface area (Å²) in [5.74, 6) is 1.59. The molecule has 2 N–H and O–H groups in total. The lowest BCUT2D eigenvalue weighted by atomic mass is 10.2. The Kier molecular flexibility index (Phi) is 5.02. The fraction of sp³-hybridized carbons (Fsp3) is 0.111. The van der Waals surface area contributed by atoms with Gasteiger partial charge in [0.1, 0.15) is 17.3 Å². The minimum absolute atomic E-state index is 0.348. The van der Waals surface area contributed by atoms with Gasteiger partial charge in [0, 0.05) is 31.3 Å². The molecule has 0 fully saturated rings. The Labute approximate surface area is 164 Å². The molecule has 4 aromatic rings. The average Bonchev–Trinajstić information content (AvgIpc) is 3.36. The minimum Gasteiger partial charge on any atom is -0.334 e. The van der Waals surface area contributed by atoms with Gasteiger partial charge >= 0.3 is 6.03 Å². The molecule has 9 nitrogen and oxygen atoms in total. The molecule has 28 heavy (non-hydrogen) atoms. The summed E-state index contributed by atoms with van der Waals surface area (Å²) in [5, 5.41) is 14.6. The lowest BCUT2D eigenvalue weighted by Gasteiger charge is -2.08. The first-order valence-electron chi connectivity index (χ1n) is 8.44. The van der Waals surface area contributed by atoms with Gasteiger partial charge in [-0.05, 0) is 36.8 Å². The molecule has 0 aliphatic carbocycles. The highest BCUT2D eigenvalue weighted by Crippen LogP contribution is 2.24. The zero-order valence-electron chi connectivity index (χ0n) is 14.9. The van der Waals surface area contributed by atoms with E-state index in [1.165, 1.54) is 11.3 Å². The second-order valence-electron chi connectivity index (χ2n) is 5.80. The molecule has 0 aliphatic rings. The Morgan fingerprint density at radius 1 is 1.11 bits per heavy atom. The van der Waals surface area contributed by atoms with Gasteiger partial charge in [0.25, 0.3) is 0 Å². The summed E-state index contributed by atoms with van der Waals surface area (Å²) in [4.78, 5) is 24.9. The van der Waals surface area contributed by atoms with Crippen molar-refractivity contribution in [3.05, 3.63) is 66.5 Å². The van der Waals surface area contributed by atoms with Crippen LogP contribution >= 0.6 is 11.3 Å². The summed E-state index contributed by atoms with van der Waals surface area (Å²) in [7, 11) is 0. The van der Waals surface area contributed by atoms with Crippen LogP contribution in [0, 0.1) is 6.92 Å². The van der Waals surface area contributed by atoms with E-state index in [2.05, 4.69) is 35.8 Å². The van der Waals surface area contributed by atoms with Gasteiger partial charge in [-0.15, -0.1) is 10.2 Å². The summed E-state index contributed by atoms with van der Waals surface area (Å²) < 4.78 is 1.88. The number of nitrogens with zero attached hydrogens (tertiary/aromatic N) is 6. The predicted molar refractivity (Wildman–Crippen MR) is 105 cm³/mol. The van der Waals surface area contributed by atoms with Crippen molar-refractivity contribution in [2.75, 3.05) is 5.32 Å². The van der Waals surface area contributed by atoms with Crippen molar-refractivity contribution in [2.45, 2.75) is 13.5 Å². The summed E-state index contributed by atoms with van der Waals surface area (Å²) in [6, 6.07) is 8.93. The molecular formula is C18H16N8OS. The monoisotopic (exact) mass is 392 g/mol. The van der Waals surface area contributed by atoms with E-state index >= 15 is 0 Å². The average molecular weight is 392 g/mol. The fourth-order valence-electron chi connectivity index (χ4n) is 2.51. The zero-order chi connectivity index (χ0) is 19.3. The molecule has 10 heteroatoms. The number of anilines is 1. The van der Waals surface area contributed by atoms with Crippen LogP contribution in [0.1, 0.15) is 11.4 Å². The van der Waals surface area contributed by atoms with Gasteiger partial charge in [0.2, 0.25) is 5.13 Å². The summed E-state index contributed by atoms with van der Waals surface area (Å²) in [6.45, 7) is 2.25. The summed E-state index contributed by atoms with van der Waals surface area (Å²) in [6.07, 6.45) is 6.95. The van der Waals surface area contributed by atoms with Crippen molar-refractivity contribution in [1.82, 2.24) is 35.0 Å². The zero-order valence-corrected chi connectivity index (χ0v) is 15.7. The molecule has 0 saturated carbocycles. The largest absolute Gasteiger partial charge is 0.334 e. The summed E-state index contributed by atoms with van der Waals surface area (Å²) in [5.41, 5.74) is 1.63. The summed E-state index contributed by atoms with van der Waals surface area (Å²) >= 11 is 1.26. The fourth-order valence-corrected chi connectivity index (χ4v) is 3.23. The number of carbonyl (C=O) groups is 1. The SMILES string of the molecule is Cc1nccn1-c1cc(CNC(=O)Nc2nnc(-c3ccccn3)s2)ccn1. The first kappa shape index (κ1) is 17.7. The van der Waals surface area contributed by atoms with Gasteiger partial charge in [0.15, 0.2) is 5.01 Å². The van der Waals surface area contributed by atoms with Gasteiger partial charge in [0.05, 0.1) is 0 Å². The van der Waals surface area contributed by atoms with E-state index in [-0.39, 0.29) is 6.03 Å². The van der Waals surface area contributed by atoms with E-state index in [1.54, 1.807) is 18.6 Å². The number of urea groups is 1. The number of carbonyl (C=O) groups excluding carboxylic acids is 1. The van der Waals surface area contributed by atoms with E-state index in [4.69, 9.17) is 0 Å². The number of aryl methyl sites for hydroxylation is 1. The molecule has 0 saturated heterocycles. The number of pyridine rings is 2.